The number of H-pyrrole nitrogens is 1. The lowest BCUT2D eigenvalue weighted by Gasteiger charge is -2.33. The Bertz CT molecular complexity index is 992. The minimum atomic E-state index is -0.528. The van der Waals surface area contributed by atoms with E-state index in [1.807, 2.05) is 12.3 Å². The van der Waals surface area contributed by atoms with Crippen molar-refractivity contribution in [1.82, 2.24) is 15.0 Å². The highest BCUT2D eigenvalue weighted by Crippen LogP contribution is 2.28. The predicted molar refractivity (Wildman–Crippen MR) is 108 cm³/mol. The van der Waals surface area contributed by atoms with Gasteiger partial charge in [-0.25, -0.2) is 14.4 Å². The number of piperidine rings is 1. The van der Waals surface area contributed by atoms with E-state index in [2.05, 4.69) is 25.2 Å². The molecule has 0 spiro atoms. The van der Waals surface area contributed by atoms with Gasteiger partial charge in [0.2, 0.25) is 0 Å². The molecule has 1 saturated heterocycles. The number of benzene rings is 1. The van der Waals surface area contributed by atoms with E-state index in [-0.39, 0.29) is 29.0 Å². The summed E-state index contributed by atoms with van der Waals surface area (Å²) in [5.41, 5.74) is 1.07. The van der Waals surface area contributed by atoms with Crippen LogP contribution in [-0.2, 0) is 4.79 Å². The van der Waals surface area contributed by atoms with Gasteiger partial charge in [-0.15, -0.1) is 0 Å². The van der Waals surface area contributed by atoms with E-state index in [4.69, 9.17) is 11.6 Å². The fraction of sp³-hybridized carbons (Fsp3) is 0.350. The van der Waals surface area contributed by atoms with E-state index < -0.39 is 5.82 Å². The van der Waals surface area contributed by atoms with Crippen molar-refractivity contribution >= 4 is 39.9 Å². The Labute approximate surface area is 167 Å². The van der Waals surface area contributed by atoms with Crippen molar-refractivity contribution in [2.45, 2.75) is 19.3 Å². The number of fused-ring (bicyclic) bond motifs is 1. The van der Waals surface area contributed by atoms with Crippen molar-refractivity contribution in [2.24, 2.45) is 5.92 Å². The third-order valence-corrected chi connectivity index (χ3v) is 5.39. The van der Waals surface area contributed by atoms with Crippen LogP contribution in [0.2, 0.25) is 5.02 Å². The van der Waals surface area contributed by atoms with Gasteiger partial charge in [0.15, 0.2) is 11.6 Å². The van der Waals surface area contributed by atoms with Crippen LogP contribution in [0.15, 0.2) is 36.8 Å². The molecule has 1 atom stereocenters. The summed E-state index contributed by atoms with van der Waals surface area (Å²) in [6.07, 6.45) is 5.87. The molecule has 1 aliphatic heterocycles. The topological polar surface area (TPSA) is 73.9 Å². The first-order valence-corrected chi connectivity index (χ1v) is 9.72. The van der Waals surface area contributed by atoms with E-state index >= 15 is 0 Å². The van der Waals surface area contributed by atoms with Crippen molar-refractivity contribution in [3.8, 4) is 0 Å². The molecule has 3 heterocycles. The molecule has 1 unspecified atom stereocenters. The van der Waals surface area contributed by atoms with Gasteiger partial charge in [0, 0.05) is 25.7 Å². The molecule has 2 aromatic heterocycles. The lowest BCUT2D eigenvalue weighted by molar-refractivity contribution is -0.118. The lowest BCUT2D eigenvalue weighted by Crippen LogP contribution is -2.37. The molecule has 3 aromatic rings. The maximum atomic E-state index is 13.9. The number of Topliss-reactive ketones (excluding diaryl/α,β-unsaturated/α-hetero) is 1. The molecule has 0 saturated carbocycles. The standard InChI is InChI=1S/C20H21ClFN5O/c21-16-4-1-5-17(18(16)22)24-10-14(28)9-13-3-2-8-27(11-13)20-15-6-7-23-19(15)25-12-26-20/h1,4-7,12-13,24H,2-3,8-11H2,(H,23,25,26). The Hall–Kier alpha value is -2.67. The number of ketones is 1. The maximum absolute atomic E-state index is 13.9. The van der Waals surface area contributed by atoms with Gasteiger partial charge in [0.1, 0.15) is 17.8 Å². The molecule has 0 amide bonds. The van der Waals surface area contributed by atoms with E-state index in [9.17, 15) is 9.18 Å². The minimum absolute atomic E-state index is 0.0429. The molecule has 4 rings (SSSR count). The highest BCUT2D eigenvalue weighted by atomic mass is 35.5. The molecule has 6 nitrogen and oxygen atoms in total. The summed E-state index contributed by atoms with van der Waals surface area (Å²) in [4.78, 5) is 26.4. The molecule has 28 heavy (non-hydrogen) atoms. The Morgan fingerprint density at radius 3 is 3.14 bits per heavy atom. The van der Waals surface area contributed by atoms with Crippen LogP contribution in [0.5, 0.6) is 0 Å². The van der Waals surface area contributed by atoms with Gasteiger partial charge in [-0.05, 0) is 37.0 Å². The fourth-order valence-corrected chi connectivity index (χ4v) is 3.94. The third kappa shape index (κ3) is 3.94. The van der Waals surface area contributed by atoms with Crippen molar-refractivity contribution in [3.05, 3.63) is 47.6 Å². The number of rotatable bonds is 6. The first-order chi connectivity index (χ1) is 13.6. The fourth-order valence-electron chi connectivity index (χ4n) is 3.76. The van der Waals surface area contributed by atoms with Crippen LogP contribution in [0.3, 0.4) is 0 Å². The predicted octanol–water partition coefficient (Wildman–Crippen LogP) is 4.04. The first-order valence-electron chi connectivity index (χ1n) is 9.34. The van der Waals surface area contributed by atoms with Gasteiger partial charge in [0.05, 0.1) is 22.6 Å². The summed E-state index contributed by atoms with van der Waals surface area (Å²) in [7, 11) is 0. The Morgan fingerprint density at radius 1 is 1.36 bits per heavy atom. The molecule has 0 aliphatic carbocycles. The molecular weight excluding hydrogens is 381 g/mol. The second kappa shape index (κ2) is 8.14. The van der Waals surface area contributed by atoms with Gasteiger partial charge >= 0.3 is 0 Å². The molecule has 0 radical (unpaired) electrons. The van der Waals surface area contributed by atoms with Gasteiger partial charge < -0.3 is 15.2 Å². The molecule has 1 aromatic carbocycles. The molecule has 1 aliphatic rings. The van der Waals surface area contributed by atoms with E-state index in [0.29, 0.717) is 6.42 Å². The Morgan fingerprint density at radius 2 is 2.25 bits per heavy atom. The van der Waals surface area contributed by atoms with E-state index in [0.717, 1.165) is 42.8 Å². The zero-order chi connectivity index (χ0) is 19.5. The summed E-state index contributed by atoms with van der Waals surface area (Å²) in [5.74, 6) is 0.680. The first kappa shape index (κ1) is 18.7. The zero-order valence-electron chi connectivity index (χ0n) is 15.3. The number of carbonyl (C=O) groups excluding carboxylic acids is 1. The zero-order valence-corrected chi connectivity index (χ0v) is 16.0. The number of anilines is 2. The highest BCUT2D eigenvalue weighted by molar-refractivity contribution is 6.31. The SMILES string of the molecule is O=C(CNc1cccc(Cl)c1F)CC1CCCN(c2ncnc3[nH]ccc23)C1. The van der Waals surface area contributed by atoms with Crippen LogP contribution >= 0.6 is 11.6 Å². The van der Waals surface area contributed by atoms with Crippen LogP contribution in [0.4, 0.5) is 15.9 Å². The van der Waals surface area contributed by atoms with Crippen LogP contribution in [0, 0.1) is 11.7 Å². The molecule has 1 fully saturated rings. The number of hydrogen-bond acceptors (Lipinski definition) is 5. The summed E-state index contributed by atoms with van der Waals surface area (Å²) in [6.45, 7) is 1.77. The molecule has 146 valence electrons. The van der Waals surface area contributed by atoms with Gasteiger partial charge in [-0.3, -0.25) is 4.79 Å². The summed E-state index contributed by atoms with van der Waals surface area (Å²) in [6, 6.07) is 6.69. The average molecular weight is 402 g/mol. The number of hydrogen-bond donors (Lipinski definition) is 2. The van der Waals surface area contributed by atoms with Gasteiger partial charge in [-0.1, -0.05) is 17.7 Å². The lowest BCUT2D eigenvalue weighted by atomic mass is 9.92. The molecule has 2 N–H and O–H groups in total. The normalized spacial score (nSPS) is 17.1. The highest BCUT2D eigenvalue weighted by Gasteiger charge is 2.24. The summed E-state index contributed by atoms with van der Waals surface area (Å²) >= 11 is 5.77. The number of halogens is 2. The molecule has 8 heteroatoms. The monoisotopic (exact) mass is 401 g/mol. The minimum Gasteiger partial charge on any atom is -0.376 e. The Kier molecular flexibility index (Phi) is 5.43. The molecule has 0 bridgehead atoms. The maximum Gasteiger partial charge on any atom is 0.164 e. The second-order valence-corrected chi connectivity index (χ2v) is 7.50. The third-order valence-electron chi connectivity index (χ3n) is 5.10. The van der Waals surface area contributed by atoms with Gasteiger partial charge in [0.25, 0.3) is 0 Å². The largest absolute Gasteiger partial charge is 0.376 e. The number of aromatic nitrogens is 3. The number of nitrogens with zero attached hydrogens (tertiary/aromatic N) is 3. The Balaban J connectivity index is 1.36. The second-order valence-electron chi connectivity index (χ2n) is 7.09. The summed E-state index contributed by atoms with van der Waals surface area (Å²) in [5, 5.41) is 3.90. The van der Waals surface area contributed by atoms with E-state index in [1.165, 1.54) is 6.07 Å². The summed E-state index contributed by atoms with van der Waals surface area (Å²) < 4.78 is 13.9. The van der Waals surface area contributed by atoms with Crippen molar-refractivity contribution in [3.63, 3.8) is 0 Å². The van der Waals surface area contributed by atoms with Gasteiger partial charge in [-0.2, -0.15) is 0 Å². The van der Waals surface area contributed by atoms with Crippen LogP contribution in [-0.4, -0.2) is 40.4 Å². The van der Waals surface area contributed by atoms with Crippen molar-refractivity contribution < 1.29 is 9.18 Å². The van der Waals surface area contributed by atoms with Crippen LogP contribution in [0.25, 0.3) is 11.0 Å². The van der Waals surface area contributed by atoms with Crippen molar-refractivity contribution in [2.75, 3.05) is 29.9 Å². The average Bonchev–Trinajstić information content (AvgIpc) is 3.18. The van der Waals surface area contributed by atoms with Crippen LogP contribution < -0.4 is 10.2 Å². The number of carbonyl (C=O) groups is 1. The van der Waals surface area contributed by atoms with E-state index in [1.54, 1.807) is 18.5 Å². The quantitative estimate of drug-likeness (QED) is 0.652. The van der Waals surface area contributed by atoms with Crippen LogP contribution in [0.1, 0.15) is 19.3 Å². The molecular formula is C20H21ClFN5O. The number of nitrogens with one attached hydrogen (secondary N) is 2. The van der Waals surface area contributed by atoms with Crippen molar-refractivity contribution in [1.29, 1.82) is 0 Å². The smallest absolute Gasteiger partial charge is 0.164 e. The number of aromatic amines is 1.